The van der Waals surface area contributed by atoms with Gasteiger partial charge >= 0.3 is 5.97 Å². The van der Waals surface area contributed by atoms with Crippen molar-refractivity contribution < 1.29 is 19.5 Å². The van der Waals surface area contributed by atoms with Crippen molar-refractivity contribution in [2.45, 2.75) is 20.3 Å². The molecular weight excluding hydrogens is 222 g/mol. The highest BCUT2D eigenvalue weighted by atomic mass is 16.6. The van der Waals surface area contributed by atoms with E-state index in [0.717, 1.165) is 12.0 Å². The van der Waals surface area contributed by atoms with Crippen molar-refractivity contribution in [3.8, 4) is 0 Å². The van der Waals surface area contributed by atoms with Crippen molar-refractivity contribution in [3.05, 3.63) is 11.6 Å². The number of carbonyl (C=O) groups excluding carboxylic acids is 1. The molecule has 5 heteroatoms. The summed E-state index contributed by atoms with van der Waals surface area (Å²) < 4.78 is 0. The van der Waals surface area contributed by atoms with Crippen LogP contribution >= 0.6 is 0 Å². The van der Waals surface area contributed by atoms with Gasteiger partial charge < -0.3 is 9.94 Å². The number of aliphatic carboxylic acids is 1. The lowest BCUT2D eigenvalue weighted by Gasteiger charge is -2.54. The molecule has 17 heavy (non-hydrogen) atoms. The topological polar surface area (TPSA) is 76.0 Å². The van der Waals surface area contributed by atoms with Crippen LogP contribution < -0.4 is 0 Å². The van der Waals surface area contributed by atoms with Gasteiger partial charge in [0.05, 0.1) is 6.21 Å². The molecule has 1 saturated carbocycles. The van der Waals surface area contributed by atoms with Crippen LogP contribution in [-0.2, 0) is 14.4 Å². The van der Waals surface area contributed by atoms with Gasteiger partial charge in [-0.15, -0.1) is 0 Å². The first-order chi connectivity index (χ1) is 7.93. The zero-order chi connectivity index (χ0) is 12.6. The second-order valence-electron chi connectivity index (χ2n) is 5.11. The molecule has 1 fully saturated rings. The number of oxime groups is 1. The molecule has 1 N–H and O–H groups in total. The molecule has 0 aromatic heterocycles. The van der Waals surface area contributed by atoms with Gasteiger partial charge in [0.2, 0.25) is 6.61 Å². The fourth-order valence-corrected chi connectivity index (χ4v) is 2.66. The molecule has 92 valence electrons. The van der Waals surface area contributed by atoms with Crippen LogP contribution in [0.25, 0.3) is 0 Å². The first-order valence-electron chi connectivity index (χ1n) is 5.55. The molecule has 3 aliphatic rings. The minimum Gasteiger partial charge on any atom is -0.479 e. The van der Waals surface area contributed by atoms with Crippen LogP contribution in [0.3, 0.4) is 0 Å². The quantitative estimate of drug-likeness (QED) is 0.589. The van der Waals surface area contributed by atoms with E-state index in [4.69, 9.17) is 5.11 Å². The third-order valence-corrected chi connectivity index (χ3v) is 3.79. The van der Waals surface area contributed by atoms with Crippen LogP contribution in [0.2, 0.25) is 0 Å². The van der Waals surface area contributed by atoms with Gasteiger partial charge in [-0.2, -0.15) is 0 Å². The Labute approximate surface area is 99.1 Å². The van der Waals surface area contributed by atoms with E-state index in [1.165, 1.54) is 6.21 Å². The van der Waals surface area contributed by atoms with Gasteiger partial charge in [0.15, 0.2) is 5.78 Å². The highest BCUT2D eigenvalue weighted by Crippen LogP contribution is 2.57. The van der Waals surface area contributed by atoms with Crippen LogP contribution in [0.5, 0.6) is 0 Å². The SMILES string of the molecule is CC1(C)C2CC1C(/C=N\OCC(=O)O)=CC2=O. The van der Waals surface area contributed by atoms with Crippen molar-refractivity contribution in [2.75, 3.05) is 6.61 Å². The third kappa shape index (κ3) is 1.97. The molecule has 0 aliphatic heterocycles. The van der Waals surface area contributed by atoms with Crippen molar-refractivity contribution in [3.63, 3.8) is 0 Å². The number of carboxylic acid groups (broad SMARTS) is 1. The van der Waals surface area contributed by atoms with Crippen molar-refractivity contribution >= 4 is 18.0 Å². The molecular formula is C12H15NO4. The Hall–Kier alpha value is -1.65. The maximum atomic E-state index is 11.7. The highest BCUT2D eigenvalue weighted by Gasteiger charge is 2.54. The largest absolute Gasteiger partial charge is 0.479 e. The zero-order valence-corrected chi connectivity index (χ0v) is 9.84. The first-order valence-corrected chi connectivity index (χ1v) is 5.55. The second-order valence-corrected chi connectivity index (χ2v) is 5.11. The first kappa shape index (κ1) is 11.8. The molecule has 5 nitrogen and oxygen atoms in total. The minimum absolute atomic E-state index is 0.0139. The molecule has 2 atom stereocenters. The summed E-state index contributed by atoms with van der Waals surface area (Å²) in [5, 5.41) is 12.0. The summed E-state index contributed by atoms with van der Waals surface area (Å²) in [6.45, 7) is 3.68. The van der Waals surface area contributed by atoms with Crippen molar-refractivity contribution in [1.29, 1.82) is 0 Å². The molecule has 3 rings (SSSR count). The lowest BCUT2D eigenvalue weighted by atomic mass is 9.48. The predicted octanol–water partition coefficient (Wildman–Crippen LogP) is 1.24. The average molecular weight is 237 g/mol. The lowest BCUT2D eigenvalue weighted by molar-refractivity contribution is -0.142. The smallest absolute Gasteiger partial charge is 0.344 e. The number of carbonyl (C=O) groups is 2. The van der Waals surface area contributed by atoms with Gasteiger partial charge in [0.1, 0.15) is 0 Å². The summed E-state index contributed by atoms with van der Waals surface area (Å²) in [6, 6.07) is 0. The highest BCUT2D eigenvalue weighted by molar-refractivity contribution is 6.01. The summed E-state index contributed by atoms with van der Waals surface area (Å²) in [5.74, 6) is -0.482. The summed E-state index contributed by atoms with van der Waals surface area (Å²) in [5.41, 5.74) is 0.827. The third-order valence-electron chi connectivity index (χ3n) is 3.79. The van der Waals surface area contributed by atoms with Crippen LogP contribution in [0.4, 0.5) is 0 Å². The Morgan fingerprint density at radius 1 is 1.65 bits per heavy atom. The number of hydrogen-bond donors (Lipinski definition) is 1. The Balaban J connectivity index is 2.02. The van der Waals surface area contributed by atoms with Crippen LogP contribution in [0, 0.1) is 17.3 Å². The molecule has 0 aromatic rings. The molecule has 2 unspecified atom stereocenters. The Morgan fingerprint density at radius 3 is 2.88 bits per heavy atom. The number of hydrogen-bond acceptors (Lipinski definition) is 4. The van der Waals surface area contributed by atoms with E-state index in [9.17, 15) is 9.59 Å². The van der Waals surface area contributed by atoms with E-state index in [1.807, 2.05) is 0 Å². The van der Waals surface area contributed by atoms with Gasteiger partial charge in [-0.1, -0.05) is 19.0 Å². The fourth-order valence-electron chi connectivity index (χ4n) is 2.66. The number of rotatable bonds is 4. The van der Waals surface area contributed by atoms with E-state index in [1.54, 1.807) is 6.08 Å². The normalized spacial score (nSPS) is 29.8. The van der Waals surface area contributed by atoms with Gasteiger partial charge in [0.25, 0.3) is 0 Å². The average Bonchev–Trinajstić information content (AvgIpc) is 2.22. The second kappa shape index (κ2) is 3.98. The zero-order valence-electron chi connectivity index (χ0n) is 9.84. The standard InChI is InChI=1S/C12H15NO4/c1-12(2)8-4-9(12)10(14)3-7(8)5-13-17-6-11(15)16/h3,5,8-9H,4,6H2,1-2H3,(H,15,16)/b13-5-. The molecule has 2 bridgehead atoms. The van der Waals surface area contributed by atoms with Crippen LogP contribution in [0.15, 0.2) is 16.8 Å². The summed E-state index contributed by atoms with van der Waals surface area (Å²) in [4.78, 5) is 26.5. The lowest BCUT2D eigenvalue weighted by Crippen LogP contribution is -2.52. The number of fused-ring (bicyclic) bond motifs is 1. The van der Waals surface area contributed by atoms with Crippen LogP contribution in [-0.4, -0.2) is 29.7 Å². The number of allylic oxidation sites excluding steroid dienone is 2. The van der Waals surface area contributed by atoms with E-state index in [2.05, 4.69) is 23.8 Å². The summed E-state index contributed by atoms with van der Waals surface area (Å²) in [7, 11) is 0. The Morgan fingerprint density at radius 2 is 2.35 bits per heavy atom. The maximum absolute atomic E-state index is 11.7. The van der Waals surface area contributed by atoms with Crippen LogP contribution in [0.1, 0.15) is 20.3 Å². The molecule has 3 aliphatic carbocycles. The Bertz CT molecular complexity index is 422. The molecule has 0 aromatic carbocycles. The molecule has 0 radical (unpaired) electrons. The van der Waals surface area contributed by atoms with Gasteiger partial charge in [0, 0.05) is 5.92 Å². The van der Waals surface area contributed by atoms with E-state index < -0.39 is 12.6 Å². The van der Waals surface area contributed by atoms with E-state index >= 15 is 0 Å². The monoisotopic (exact) mass is 237 g/mol. The maximum Gasteiger partial charge on any atom is 0.344 e. The molecule has 0 spiro atoms. The van der Waals surface area contributed by atoms with Gasteiger partial charge in [-0.25, -0.2) is 4.79 Å². The van der Waals surface area contributed by atoms with Crippen molar-refractivity contribution in [1.82, 2.24) is 0 Å². The summed E-state index contributed by atoms with van der Waals surface area (Å²) >= 11 is 0. The van der Waals surface area contributed by atoms with E-state index in [-0.39, 0.29) is 17.1 Å². The molecule has 0 saturated heterocycles. The predicted molar refractivity (Wildman–Crippen MR) is 60.5 cm³/mol. The van der Waals surface area contributed by atoms with Gasteiger partial charge in [-0.3, -0.25) is 4.79 Å². The fraction of sp³-hybridized carbons (Fsp3) is 0.583. The van der Waals surface area contributed by atoms with Crippen molar-refractivity contribution in [2.24, 2.45) is 22.4 Å². The number of carboxylic acids is 1. The van der Waals surface area contributed by atoms with Gasteiger partial charge in [-0.05, 0) is 29.4 Å². The molecule has 0 amide bonds. The Kier molecular flexibility index (Phi) is 2.77. The number of nitrogens with zero attached hydrogens (tertiary/aromatic N) is 1. The summed E-state index contributed by atoms with van der Waals surface area (Å²) in [6.07, 6.45) is 3.92. The van der Waals surface area contributed by atoms with E-state index in [0.29, 0.717) is 5.92 Å². The molecule has 0 heterocycles. The minimum atomic E-state index is -1.07. The number of ketones is 1.